The molecule has 0 amide bonds. The van der Waals surface area contributed by atoms with Crippen molar-refractivity contribution in [2.24, 2.45) is 5.92 Å². The van der Waals surface area contributed by atoms with E-state index in [4.69, 9.17) is 0 Å². The highest BCUT2D eigenvalue weighted by molar-refractivity contribution is 7.18. The number of nitrogens with one attached hydrogen (secondary N) is 1. The maximum atomic E-state index is 10.6. The topological polar surface area (TPSA) is 32.9 Å². The Morgan fingerprint density at radius 3 is 2.93 bits per heavy atom. The summed E-state index contributed by atoms with van der Waals surface area (Å²) in [6.07, 6.45) is 6.29. The second-order valence-electron chi connectivity index (χ2n) is 4.34. The van der Waals surface area contributed by atoms with Crippen LogP contribution in [0.25, 0.3) is 10.2 Å². The van der Waals surface area contributed by atoms with Crippen LogP contribution in [0.1, 0.15) is 34.6 Å². The summed E-state index contributed by atoms with van der Waals surface area (Å²) in [5.74, 6) is 0.915. The number of carbonyl (C=O) groups is 1. The molecule has 1 aliphatic carbocycles. The maximum absolute atomic E-state index is 10.6. The predicted octanol–water partition coefficient (Wildman–Crippen LogP) is 3.38. The normalized spacial score (nSPS) is 16.8. The molecule has 0 radical (unpaired) electrons. The molecule has 2 nitrogen and oxygen atoms in total. The maximum Gasteiger partial charge on any atom is 0.166 e. The third kappa shape index (κ3) is 1.61. The molecule has 3 heteroatoms. The molecule has 2 heterocycles. The number of aldehydes is 1. The molecule has 0 aromatic carbocycles. The van der Waals surface area contributed by atoms with Crippen LogP contribution in [0.2, 0.25) is 0 Å². The van der Waals surface area contributed by atoms with Crippen molar-refractivity contribution in [3.63, 3.8) is 0 Å². The number of carbonyl (C=O) groups excluding carboxylic acids is 1. The summed E-state index contributed by atoms with van der Waals surface area (Å²) >= 11 is 1.80. The van der Waals surface area contributed by atoms with Gasteiger partial charge in [0.2, 0.25) is 0 Å². The van der Waals surface area contributed by atoms with Crippen molar-refractivity contribution in [3.8, 4) is 0 Å². The smallest absolute Gasteiger partial charge is 0.166 e. The van der Waals surface area contributed by atoms with Gasteiger partial charge in [-0.05, 0) is 24.5 Å². The molecule has 0 aliphatic heterocycles. The largest absolute Gasteiger partial charge is 0.344 e. The monoisotopic (exact) mass is 219 g/mol. The molecule has 0 unspecified atom stereocenters. The van der Waals surface area contributed by atoms with Crippen LogP contribution < -0.4 is 0 Å². The molecular weight excluding hydrogens is 206 g/mol. The average molecular weight is 219 g/mol. The first-order chi connectivity index (χ1) is 7.35. The zero-order chi connectivity index (χ0) is 10.3. The standard InChI is InChI=1S/C12H13NOS/c14-7-10-5-9-6-11(15-12(9)13-10)4-8-2-1-3-8/h5-8,13H,1-4H2. The molecule has 1 saturated carbocycles. The molecule has 0 spiro atoms. The Morgan fingerprint density at radius 2 is 2.33 bits per heavy atom. The molecule has 0 saturated heterocycles. The van der Waals surface area contributed by atoms with Gasteiger partial charge in [-0.1, -0.05) is 19.3 Å². The lowest BCUT2D eigenvalue weighted by Crippen LogP contribution is -2.12. The van der Waals surface area contributed by atoms with Crippen molar-refractivity contribution in [3.05, 3.63) is 22.7 Å². The summed E-state index contributed by atoms with van der Waals surface area (Å²) in [5.41, 5.74) is 0.687. The molecule has 1 aliphatic rings. The fraction of sp³-hybridized carbons (Fsp3) is 0.417. The van der Waals surface area contributed by atoms with E-state index in [-0.39, 0.29) is 0 Å². The highest BCUT2D eigenvalue weighted by Crippen LogP contribution is 2.34. The van der Waals surface area contributed by atoms with E-state index in [1.165, 1.54) is 35.9 Å². The molecule has 0 bridgehead atoms. The Morgan fingerprint density at radius 1 is 1.47 bits per heavy atom. The zero-order valence-electron chi connectivity index (χ0n) is 8.45. The van der Waals surface area contributed by atoms with Crippen molar-refractivity contribution < 1.29 is 4.79 Å². The van der Waals surface area contributed by atoms with E-state index in [9.17, 15) is 4.79 Å². The van der Waals surface area contributed by atoms with E-state index in [1.54, 1.807) is 11.3 Å². The van der Waals surface area contributed by atoms with Gasteiger partial charge in [-0.3, -0.25) is 4.79 Å². The Hall–Kier alpha value is -1.09. The second-order valence-corrected chi connectivity index (χ2v) is 5.48. The van der Waals surface area contributed by atoms with Crippen LogP contribution >= 0.6 is 11.3 Å². The second kappa shape index (κ2) is 3.49. The lowest BCUT2D eigenvalue weighted by molar-refractivity contribution is 0.112. The number of fused-ring (bicyclic) bond motifs is 1. The van der Waals surface area contributed by atoms with E-state index in [0.717, 1.165) is 17.0 Å². The van der Waals surface area contributed by atoms with Crippen LogP contribution in [0.15, 0.2) is 12.1 Å². The van der Waals surface area contributed by atoms with Crippen LogP contribution in [-0.2, 0) is 6.42 Å². The Kier molecular flexibility index (Phi) is 2.13. The van der Waals surface area contributed by atoms with Crippen molar-refractivity contribution in [2.45, 2.75) is 25.7 Å². The van der Waals surface area contributed by atoms with Crippen LogP contribution in [-0.4, -0.2) is 11.3 Å². The van der Waals surface area contributed by atoms with Crippen LogP contribution in [0.3, 0.4) is 0 Å². The number of hydrogen-bond donors (Lipinski definition) is 1. The first-order valence-corrected chi connectivity index (χ1v) is 6.23. The molecule has 15 heavy (non-hydrogen) atoms. The lowest BCUT2D eigenvalue weighted by Gasteiger charge is -2.24. The van der Waals surface area contributed by atoms with Gasteiger partial charge in [-0.15, -0.1) is 11.3 Å². The van der Waals surface area contributed by atoms with E-state index in [0.29, 0.717) is 5.69 Å². The molecule has 1 N–H and O–H groups in total. The summed E-state index contributed by atoms with van der Waals surface area (Å²) < 4.78 is 0. The first-order valence-electron chi connectivity index (χ1n) is 5.42. The number of thiophene rings is 1. The number of H-pyrrole nitrogens is 1. The van der Waals surface area contributed by atoms with E-state index >= 15 is 0 Å². The van der Waals surface area contributed by atoms with Crippen LogP contribution in [0.5, 0.6) is 0 Å². The summed E-state index contributed by atoms with van der Waals surface area (Å²) in [6.45, 7) is 0. The fourth-order valence-corrected chi connectivity index (χ4v) is 3.32. The highest BCUT2D eigenvalue weighted by atomic mass is 32.1. The van der Waals surface area contributed by atoms with Gasteiger partial charge in [-0.25, -0.2) is 0 Å². The highest BCUT2D eigenvalue weighted by Gasteiger charge is 2.18. The first kappa shape index (κ1) is 9.16. The molecule has 2 aromatic heterocycles. The minimum Gasteiger partial charge on any atom is -0.344 e. The fourth-order valence-electron chi connectivity index (χ4n) is 2.14. The van der Waals surface area contributed by atoms with Gasteiger partial charge in [-0.2, -0.15) is 0 Å². The lowest BCUT2D eigenvalue weighted by atomic mass is 9.83. The summed E-state index contributed by atoms with van der Waals surface area (Å²) in [6, 6.07) is 4.16. The average Bonchev–Trinajstić information content (AvgIpc) is 2.67. The molecular formula is C12H13NOS. The number of hydrogen-bond acceptors (Lipinski definition) is 2. The summed E-state index contributed by atoms with van der Waals surface area (Å²) in [4.78, 5) is 16.3. The van der Waals surface area contributed by atoms with Gasteiger partial charge in [0.1, 0.15) is 4.83 Å². The van der Waals surface area contributed by atoms with E-state index in [2.05, 4.69) is 11.1 Å². The van der Waals surface area contributed by atoms with Gasteiger partial charge in [0.15, 0.2) is 6.29 Å². The van der Waals surface area contributed by atoms with Gasteiger partial charge in [0.25, 0.3) is 0 Å². The van der Waals surface area contributed by atoms with Crippen molar-refractivity contribution in [1.82, 2.24) is 4.98 Å². The van der Waals surface area contributed by atoms with Gasteiger partial charge in [0.05, 0.1) is 5.69 Å². The van der Waals surface area contributed by atoms with Gasteiger partial charge >= 0.3 is 0 Å². The Labute approximate surface area is 92.3 Å². The van der Waals surface area contributed by atoms with Crippen molar-refractivity contribution in [1.29, 1.82) is 0 Å². The van der Waals surface area contributed by atoms with E-state index in [1.807, 2.05) is 6.07 Å². The summed E-state index contributed by atoms with van der Waals surface area (Å²) in [7, 11) is 0. The quantitative estimate of drug-likeness (QED) is 0.789. The Balaban J connectivity index is 1.86. The van der Waals surface area contributed by atoms with Crippen molar-refractivity contribution in [2.75, 3.05) is 0 Å². The van der Waals surface area contributed by atoms with Gasteiger partial charge < -0.3 is 4.98 Å². The Bertz CT molecular complexity index is 461. The molecule has 0 atom stereocenters. The van der Waals surface area contributed by atoms with E-state index < -0.39 is 0 Å². The minimum absolute atomic E-state index is 0.687. The predicted molar refractivity (Wildman–Crippen MR) is 62.6 cm³/mol. The van der Waals surface area contributed by atoms with Crippen molar-refractivity contribution >= 4 is 27.8 Å². The number of aromatic amines is 1. The number of rotatable bonds is 3. The molecule has 1 fully saturated rings. The summed E-state index contributed by atoms with van der Waals surface area (Å²) in [5, 5.41) is 1.19. The van der Waals surface area contributed by atoms with Gasteiger partial charge in [0, 0.05) is 10.3 Å². The number of aromatic nitrogens is 1. The zero-order valence-corrected chi connectivity index (χ0v) is 9.27. The minimum atomic E-state index is 0.687. The van der Waals surface area contributed by atoms with Crippen LogP contribution in [0.4, 0.5) is 0 Å². The SMILES string of the molecule is O=Cc1cc2cc(CC3CCC3)sc2[nH]1. The molecule has 3 rings (SSSR count). The third-order valence-corrected chi connectivity index (χ3v) is 4.31. The molecule has 78 valence electrons. The third-order valence-electron chi connectivity index (χ3n) is 3.22. The van der Waals surface area contributed by atoms with Crippen LogP contribution in [0, 0.1) is 5.92 Å². The molecule has 2 aromatic rings.